The first-order chi connectivity index (χ1) is 15.0. The van der Waals surface area contributed by atoms with Gasteiger partial charge in [0.1, 0.15) is 17.4 Å². The molecule has 9 nitrogen and oxygen atoms in total. The number of hydrogen-bond donors (Lipinski definition) is 2. The van der Waals surface area contributed by atoms with E-state index in [0.717, 1.165) is 11.3 Å². The number of carbonyl (C=O) groups is 3. The molecule has 4 rings (SSSR count). The van der Waals surface area contributed by atoms with Gasteiger partial charge in [-0.2, -0.15) is 0 Å². The van der Waals surface area contributed by atoms with E-state index in [1.807, 2.05) is 24.3 Å². The number of ether oxygens (including phenoxy) is 3. The van der Waals surface area contributed by atoms with E-state index >= 15 is 0 Å². The lowest BCUT2D eigenvalue weighted by Gasteiger charge is -2.32. The number of fused-ring (bicyclic) bond motifs is 1. The normalized spacial score (nSPS) is 30.4. The number of likely N-dealkylation sites (tertiary alicyclic amines) is 1. The Morgan fingerprint density at radius 1 is 1.19 bits per heavy atom. The van der Waals surface area contributed by atoms with Gasteiger partial charge in [-0.05, 0) is 17.7 Å². The van der Waals surface area contributed by atoms with Crippen LogP contribution in [0.3, 0.4) is 0 Å². The number of rotatable bonds is 8. The van der Waals surface area contributed by atoms with Crippen LogP contribution in [-0.4, -0.2) is 74.8 Å². The first kappa shape index (κ1) is 21.3. The van der Waals surface area contributed by atoms with Crippen LogP contribution in [0.4, 0.5) is 0 Å². The van der Waals surface area contributed by atoms with Crippen LogP contribution in [0.2, 0.25) is 0 Å². The molecule has 3 amide bonds. The molecule has 0 saturated carbocycles. The van der Waals surface area contributed by atoms with Crippen molar-refractivity contribution in [2.75, 3.05) is 34.4 Å². The number of methoxy groups -OCH3 is 2. The Hall–Kier alpha value is -2.91. The van der Waals surface area contributed by atoms with Gasteiger partial charge in [-0.3, -0.25) is 14.4 Å². The summed E-state index contributed by atoms with van der Waals surface area (Å²) in [5.74, 6) is -1.53. The van der Waals surface area contributed by atoms with E-state index in [9.17, 15) is 14.4 Å². The standard InChI is InChI=1S/C22H27N3O6/c1-23-19(26)16-15-8-9-22(31-15)17(16)21(28)25(10-11-29-2)18(22)20(27)24-12-13-4-6-14(30-3)7-5-13/h4-9,15-18H,10-12H2,1-3H3,(H,23,26)(H,24,27)/t15-,16-,17-,18+,22-/m0/s1. The van der Waals surface area contributed by atoms with Crippen molar-refractivity contribution in [2.45, 2.75) is 24.3 Å². The average molecular weight is 429 g/mol. The van der Waals surface area contributed by atoms with Gasteiger partial charge in [0, 0.05) is 27.2 Å². The molecule has 3 aliphatic heterocycles. The number of hydrogen-bond acceptors (Lipinski definition) is 6. The second kappa shape index (κ2) is 8.32. The summed E-state index contributed by atoms with van der Waals surface area (Å²) < 4.78 is 16.5. The molecule has 2 bridgehead atoms. The molecule has 0 aromatic heterocycles. The quantitative estimate of drug-likeness (QED) is 0.557. The van der Waals surface area contributed by atoms with Gasteiger partial charge in [0.15, 0.2) is 0 Å². The van der Waals surface area contributed by atoms with Crippen molar-refractivity contribution in [1.29, 1.82) is 0 Å². The largest absolute Gasteiger partial charge is 0.497 e. The fraction of sp³-hybridized carbons (Fsp3) is 0.500. The van der Waals surface area contributed by atoms with Crippen LogP contribution in [0.5, 0.6) is 5.75 Å². The van der Waals surface area contributed by atoms with Gasteiger partial charge in [0.05, 0.1) is 31.7 Å². The zero-order valence-corrected chi connectivity index (χ0v) is 17.8. The molecule has 166 valence electrons. The summed E-state index contributed by atoms with van der Waals surface area (Å²) in [7, 11) is 4.66. The van der Waals surface area contributed by atoms with Crippen molar-refractivity contribution >= 4 is 17.7 Å². The van der Waals surface area contributed by atoms with Gasteiger partial charge in [-0.15, -0.1) is 0 Å². The van der Waals surface area contributed by atoms with Crippen molar-refractivity contribution in [3.63, 3.8) is 0 Å². The topological polar surface area (TPSA) is 106 Å². The number of amides is 3. The minimum Gasteiger partial charge on any atom is -0.497 e. The molecule has 0 unspecified atom stereocenters. The maximum Gasteiger partial charge on any atom is 0.246 e. The molecule has 1 aromatic carbocycles. The van der Waals surface area contributed by atoms with Crippen molar-refractivity contribution in [2.24, 2.45) is 11.8 Å². The molecule has 2 fully saturated rings. The first-order valence-corrected chi connectivity index (χ1v) is 10.3. The highest BCUT2D eigenvalue weighted by Gasteiger charge is 2.72. The predicted octanol–water partition coefficient (Wildman–Crippen LogP) is -0.146. The predicted molar refractivity (Wildman–Crippen MR) is 110 cm³/mol. The zero-order chi connectivity index (χ0) is 22.2. The fourth-order valence-corrected chi connectivity index (χ4v) is 4.89. The summed E-state index contributed by atoms with van der Waals surface area (Å²) in [4.78, 5) is 40.7. The van der Waals surface area contributed by atoms with Gasteiger partial charge in [0.2, 0.25) is 17.7 Å². The number of nitrogens with zero attached hydrogens (tertiary/aromatic N) is 1. The summed E-state index contributed by atoms with van der Waals surface area (Å²) in [6.45, 7) is 0.795. The molecule has 2 N–H and O–H groups in total. The fourth-order valence-electron chi connectivity index (χ4n) is 4.89. The Morgan fingerprint density at radius 2 is 1.94 bits per heavy atom. The van der Waals surface area contributed by atoms with Crippen molar-refractivity contribution < 1.29 is 28.6 Å². The lowest BCUT2D eigenvalue weighted by molar-refractivity contribution is -0.142. The van der Waals surface area contributed by atoms with Crippen molar-refractivity contribution in [3.05, 3.63) is 42.0 Å². The van der Waals surface area contributed by atoms with E-state index in [1.54, 1.807) is 19.3 Å². The van der Waals surface area contributed by atoms with Crippen LogP contribution in [0.15, 0.2) is 36.4 Å². The molecule has 31 heavy (non-hydrogen) atoms. The Morgan fingerprint density at radius 3 is 2.58 bits per heavy atom. The molecule has 1 spiro atoms. The molecule has 1 aromatic rings. The second-order valence-corrected chi connectivity index (χ2v) is 7.91. The van der Waals surface area contributed by atoms with Crippen LogP contribution < -0.4 is 15.4 Å². The summed E-state index contributed by atoms with van der Waals surface area (Å²) in [5.41, 5.74) is -0.261. The second-order valence-electron chi connectivity index (χ2n) is 7.91. The van der Waals surface area contributed by atoms with Crippen LogP contribution in [-0.2, 0) is 30.4 Å². The molecule has 0 aliphatic carbocycles. The third kappa shape index (κ3) is 3.37. The maximum atomic E-state index is 13.4. The van der Waals surface area contributed by atoms with E-state index in [1.165, 1.54) is 19.1 Å². The Bertz CT molecular complexity index is 901. The number of benzene rings is 1. The summed E-state index contributed by atoms with van der Waals surface area (Å²) in [6, 6.07) is 6.48. The highest BCUT2D eigenvalue weighted by Crippen LogP contribution is 2.54. The minimum absolute atomic E-state index is 0.233. The monoisotopic (exact) mass is 429 g/mol. The molecule has 5 atom stereocenters. The first-order valence-electron chi connectivity index (χ1n) is 10.3. The lowest BCUT2D eigenvalue weighted by Crippen LogP contribution is -2.55. The number of nitrogens with one attached hydrogen (secondary N) is 2. The summed E-state index contributed by atoms with van der Waals surface area (Å²) in [6.07, 6.45) is 3.05. The minimum atomic E-state index is -1.16. The van der Waals surface area contributed by atoms with Crippen molar-refractivity contribution in [1.82, 2.24) is 15.5 Å². The van der Waals surface area contributed by atoms with Crippen LogP contribution >= 0.6 is 0 Å². The molecular formula is C22H27N3O6. The van der Waals surface area contributed by atoms with Crippen LogP contribution in [0, 0.1) is 11.8 Å². The van der Waals surface area contributed by atoms with E-state index in [-0.39, 0.29) is 30.9 Å². The zero-order valence-electron chi connectivity index (χ0n) is 17.8. The van der Waals surface area contributed by atoms with Gasteiger partial charge < -0.3 is 29.7 Å². The molecule has 9 heteroatoms. The van der Waals surface area contributed by atoms with Gasteiger partial charge in [-0.25, -0.2) is 0 Å². The van der Waals surface area contributed by atoms with E-state index < -0.39 is 29.6 Å². The Kier molecular flexibility index (Phi) is 5.72. The Labute approximate surface area is 180 Å². The van der Waals surface area contributed by atoms with Gasteiger partial charge >= 0.3 is 0 Å². The lowest BCUT2D eigenvalue weighted by atomic mass is 9.74. The summed E-state index contributed by atoms with van der Waals surface area (Å²) in [5, 5.41) is 5.55. The average Bonchev–Trinajstić information content (AvgIpc) is 3.43. The highest BCUT2D eigenvalue weighted by molar-refractivity contribution is 5.99. The van der Waals surface area contributed by atoms with Crippen LogP contribution in [0.25, 0.3) is 0 Å². The van der Waals surface area contributed by atoms with E-state index in [4.69, 9.17) is 14.2 Å². The highest BCUT2D eigenvalue weighted by atomic mass is 16.5. The third-order valence-electron chi connectivity index (χ3n) is 6.33. The molecular weight excluding hydrogens is 402 g/mol. The van der Waals surface area contributed by atoms with Gasteiger partial charge in [0.25, 0.3) is 0 Å². The number of carbonyl (C=O) groups excluding carboxylic acids is 3. The van der Waals surface area contributed by atoms with E-state index in [0.29, 0.717) is 6.54 Å². The Balaban J connectivity index is 1.59. The molecule has 3 aliphatic rings. The van der Waals surface area contributed by atoms with E-state index in [2.05, 4.69) is 10.6 Å². The molecule has 0 radical (unpaired) electrons. The summed E-state index contributed by atoms with van der Waals surface area (Å²) >= 11 is 0. The van der Waals surface area contributed by atoms with Crippen LogP contribution in [0.1, 0.15) is 5.56 Å². The SMILES string of the molecule is CNC(=O)[C@H]1[C@@H]2C=C[C@]3(O2)[C@@H]1C(=O)N(CCOC)[C@@H]3C(=O)NCc1ccc(OC)cc1. The van der Waals surface area contributed by atoms with Crippen molar-refractivity contribution in [3.8, 4) is 5.75 Å². The third-order valence-corrected chi connectivity index (χ3v) is 6.33. The maximum absolute atomic E-state index is 13.4. The molecule has 3 heterocycles. The smallest absolute Gasteiger partial charge is 0.246 e. The van der Waals surface area contributed by atoms with Gasteiger partial charge in [-0.1, -0.05) is 24.3 Å². The molecule has 2 saturated heterocycles.